The van der Waals surface area contributed by atoms with Gasteiger partial charge in [0, 0.05) is 18.8 Å². The maximum absolute atomic E-state index is 12.0. The topological polar surface area (TPSA) is 83.6 Å². The number of amides is 1. The maximum atomic E-state index is 12.0. The van der Waals surface area contributed by atoms with Crippen molar-refractivity contribution in [2.45, 2.75) is 32.7 Å². The Balaban J connectivity index is 2.00. The number of hydrogen-bond acceptors (Lipinski definition) is 4. The lowest BCUT2D eigenvalue weighted by molar-refractivity contribution is 0.0929. The number of carbonyl (C=O) groups excluding carboxylic acids is 1. The Morgan fingerprint density at radius 2 is 2.37 bits per heavy atom. The van der Waals surface area contributed by atoms with Crippen LogP contribution >= 0.6 is 0 Å². The summed E-state index contributed by atoms with van der Waals surface area (Å²) in [4.78, 5) is 20.1. The van der Waals surface area contributed by atoms with E-state index < -0.39 is 0 Å². The van der Waals surface area contributed by atoms with Crippen LogP contribution in [0.1, 0.15) is 48.3 Å². The highest BCUT2D eigenvalue weighted by molar-refractivity contribution is 5.90. The van der Waals surface area contributed by atoms with Gasteiger partial charge in [0.05, 0.1) is 6.04 Å². The van der Waals surface area contributed by atoms with Gasteiger partial charge in [0.25, 0.3) is 5.91 Å². The number of aromatic amines is 1. The minimum Gasteiger partial charge on any atom is -0.343 e. The van der Waals surface area contributed by atoms with E-state index in [1.54, 1.807) is 12.4 Å². The standard InChI is InChI=1S/C13H17N5O/c1-3-5-11-16-12(18-17-11)13(19)15-9(2)10-6-4-7-14-8-10/h4,6-9H,3,5H2,1-2H3,(H,15,19)(H,16,17,18). The summed E-state index contributed by atoms with van der Waals surface area (Å²) in [5, 5.41) is 9.53. The predicted octanol–water partition coefficient (Wildman–Crippen LogP) is 1.64. The second-order valence-electron chi connectivity index (χ2n) is 4.34. The van der Waals surface area contributed by atoms with E-state index in [1.165, 1.54) is 0 Å². The van der Waals surface area contributed by atoms with Crippen molar-refractivity contribution in [2.75, 3.05) is 0 Å². The van der Waals surface area contributed by atoms with E-state index in [2.05, 4.69) is 25.5 Å². The minimum absolute atomic E-state index is 0.130. The molecule has 100 valence electrons. The van der Waals surface area contributed by atoms with Gasteiger partial charge in [0.2, 0.25) is 5.82 Å². The fourth-order valence-corrected chi connectivity index (χ4v) is 1.72. The number of aromatic nitrogens is 4. The summed E-state index contributed by atoms with van der Waals surface area (Å²) in [6.45, 7) is 3.95. The molecule has 6 heteroatoms. The highest BCUT2D eigenvalue weighted by Crippen LogP contribution is 2.10. The lowest BCUT2D eigenvalue weighted by Crippen LogP contribution is -2.27. The zero-order valence-electron chi connectivity index (χ0n) is 11.1. The van der Waals surface area contributed by atoms with Crippen molar-refractivity contribution in [1.29, 1.82) is 0 Å². The van der Waals surface area contributed by atoms with Crippen molar-refractivity contribution in [1.82, 2.24) is 25.5 Å². The van der Waals surface area contributed by atoms with E-state index in [9.17, 15) is 4.79 Å². The first-order valence-electron chi connectivity index (χ1n) is 6.32. The molecule has 0 spiro atoms. The second kappa shape index (κ2) is 6.08. The smallest absolute Gasteiger partial charge is 0.291 e. The minimum atomic E-state index is -0.282. The van der Waals surface area contributed by atoms with Crippen molar-refractivity contribution < 1.29 is 4.79 Å². The number of rotatable bonds is 5. The molecule has 0 fully saturated rings. The molecule has 2 rings (SSSR count). The number of pyridine rings is 1. The molecule has 0 saturated carbocycles. The van der Waals surface area contributed by atoms with E-state index >= 15 is 0 Å². The van der Waals surface area contributed by atoms with Crippen LogP contribution < -0.4 is 5.32 Å². The van der Waals surface area contributed by atoms with Gasteiger partial charge in [0.1, 0.15) is 5.82 Å². The van der Waals surface area contributed by atoms with Gasteiger partial charge < -0.3 is 5.32 Å². The van der Waals surface area contributed by atoms with Gasteiger partial charge in [-0.3, -0.25) is 14.9 Å². The normalized spacial score (nSPS) is 12.1. The van der Waals surface area contributed by atoms with Crippen LogP contribution in [-0.4, -0.2) is 26.1 Å². The largest absolute Gasteiger partial charge is 0.343 e. The first-order valence-corrected chi connectivity index (χ1v) is 6.32. The lowest BCUT2D eigenvalue weighted by Gasteiger charge is -2.12. The molecule has 0 aliphatic heterocycles. The Morgan fingerprint density at radius 3 is 3.05 bits per heavy atom. The van der Waals surface area contributed by atoms with Crippen LogP contribution in [0.5, 0.6) is 0 Å². The van der Waals surface area contributed by atoms with Crippen LogP contribution in [0.4, 0.5) is 0 Å². The summed E-state index contributed by atoms with van der Waals surface area (Å²) >= 11 is 0. The van der Waals surface area contributed by atoms with Crippen molar-refractivity contribution >= 4 is 5.91 Å². The van der Waals surface area contributed by atoms with E-state index in [4.69, 9.17) is 0 Å². The Labute approximate surface area is 111 Å². The molecular weight excluding hydrogens is 242 g/mol. The molecule has 0 radical (unpaired) electrons. The van der Waals surface area contributed by atoms with Gasteiger partial charge in [-0.2, -0.15) is 0 Å². The van der Waals surface area contributed by atoms with Gasteiger partial charge >= 0.3 is 0 Å². The Kier molecular flexibility index (Phi) is 4.22. The van der Waals surface area contributed by atoms with Crippen molar-refractivity contribution in [3.05, 3.63) is 41.7 Å². The van der Waals surface area contributed by atoms with Gasteiger partial charge in [-0.25, -0.2) is 4.98 Å². The van der Waals surface area contributed by atoms with Gasteiger partial charge in [-0.05, 0) is 25.0 Å². The molecule has 1 unspecified atom stereocenters. The molecule has 1 amide bonds. The van der Waals surface area contributed by atoms with Crippen LogP contribution in [0, 0.1) is 0 Å². The van der Waals surface area contributed by atoms with E-state index in [-0.39, 0.29) is 17.8 Å². The second-order valence-corrected chi connectivity index (χ2v) is 4.34. The van der Waals surface area contributed by atoms with Crippen molar-refractivity contribution in [3.63, 3.8) is 0 Å². The zero-order chi connectivity index (χ0) is 13.7. The highest BCUT2D eigenvalue weighted by Gasteiger charge is 2.15. The number of nitrogens with zero attached hydrogens (tertiary/aromatic N) is 3. The Hall–Kier alpha value is -2.24. The number of carbonyl (C=O) groups is 1. The molecular formula is C13H17N5O. The first kappa shape index (κ1) is 13.2. The van der Waals surface area contributed by atoms with E-state index in [0.29, 0.717) is 0 Å². The summed E-state index contributed by atoms with van der Waals surface area (Å²) in [5.41, 5.74) is 0.945. The molecule has 1 atom stereocenters. The van der Waals surface area contributed by atoms with E-state index in [1.807, 2.05) is 26.0 Å². The third kappa shape index (κ3) is 3.37. The van der Waals surface area contributed by atoms with Crippen LogP contribution in [-0.2, 0) is 6.42 Å². The summed E-state index contributed by atoms with van der Waals surface area (Å²) in [5.74, 6) is 0.635. The molecule has 6 nitrogen and oxygen atoms in total. The summed E-state index contributed by atoms with van der Waals surface area (Å²) < 4.78 is 0. The Morgan fingerprint density at radius 1 is 1.53 bits per heavy atom. The maximum Gasteiger partial charge on any atom is 0.291 e. The molecule has 2 N–H and O–H groups in total. The van der Waals surface area contributed by atoms with E-state index in [0.717, 1.165) is 24.2 Å². The molecule has 2 heterocycles. The van der Waals surface area contributed by atoms with Crippen LogP contribution in [0.25, 0.3) is 0 Å². The fourth-order valence-electron chi connectivity index (χ4n) is 1.72. The summed E-state index contributed by atoms with van der Waals surface area (Å²) in [7, 11) is 0. The molecule has 19 heavy (non-hydrogen) atoms. The van der Waals surface area contributed by atoms with Gasteiger partial charge in [0.15, 0.2) is 0 Å². The van der Waals surface area contributed by atoms with Crippen LogP contribution in [0.15, 0.2) is 24.5 Å². The Bertz CT molecular complexity index is 537. The van der Waals surface area contributed by atoms with Crippen molar-refractivity contribution in [3.8, 4) is 0 Å². The van der Waals surface area contributed by atoms with Crippen molar-refractivity contribution in [2.24, 2.45) is 0 Å². The molecule has 0 aromatic carbocycles. The number of aryl methyl sites for hydroxylation is 1. The summed E-state index contributed by atoms with van der Waals surface area (Å²) in [6.07, 6.45) is 5.18. The number of H-pyrrole nitrogens is 1. The molecule has 0 saturated heterocycles. The van der Waals surface area contributed by atoms with Gasteiger partial charge in [-0.1, -0.05) is 13.0 Å². The molecule has 0 aliphatic carbocycles. The molecule has 2 aromatic heterocycles. The SMILES string of the molecule is CCCc1nc(C(=O)NC(C)c2cccnc2)n[nH]1. The fraction of sp³-hybridized carbons (Fsp3) is 0.385. The van der Waals surface area contributed by atoms with Gasteiger partial charge in [-0.15, -0.1) is 5.10 Å². The molecule has 2 aromatic rings. The van der Waals surface area contributed by atoms with Crippen LogP contribution in [0.2, 0.25) is 0 Å². The number of hydrogen-bond donors (Lipinski definition) is 2. The monoisotopic (exact) mass is 259 g/mol. The third-order valence-electron chi connectivity index (χ3n) is 2.75. The summed E-state index contributed by atoms with van der Waals surface area (Å²) in [6, 6.07) is 3.62. The predicted molar refractivity (Wildman–Crippen MR) is 70.5 cm³/mol. The zero-order valence-corrected chi connectivity index (χ0v) is 11.1. The average molecular weight is 259 g/mol. The van der Waals surface area contributed by atoms with Crippen LogP contribution in [0.3, 0.4) is 0 Å². The quantitative estimate of drug-likeness (QED) is 0.855. The average Bonchev–Trinajstić information content (AvgIpc) is 2.89. The first-order chi connectivity index (χ1) is 9.20. The molecule has 0 bridgehead atoms. The third-order valence-corrected chi connectivity index (χ3v) is 2.75. The number of nitrogens with one attached hydrogen (secondary N) is 2. The molecule has 0 aliphatic rings. The lowest BCUT2D eigenvalue weighted by atomic mass is 10.1. The highest BCUT2D eigenvalue weighted by atomic mass is 16.2.